The minimum atomic E-state index is -0.491. The molecule has 0 aromatic carbocycles. The van der Waals surface area contributed by atoms with Gasteiger partial charge >= 0.3 is 0 Å². The predicted octanol–water partition coefficient (Wildman–Crippen LogP) is 2.20. The first-order chi connectivity index (χ1) is 7.36. The molecule has 1 unspecified atom stereocenters. The van der Waals surface area contributed by atoms with E-state index in [4.69, 9.17) is 0 Å². The van der Waals surface area contributed by atoms with Gasteiger partial charge in [-0.25, -0.2) is 9.97 Å². The first-order valence-electron chi connectivity index (χ1n) is 4.82. The highest BCUT2D eigenvalue weighted by Crippen LogP contribution is 2.18. The zero-order valence-electron chi connectivity index (χ0n) is 8.21. The second-order valence-corrected chi connectivity index (χ2v) is 4.30. The lowest BCUT2D eigenvalue weighted by atomic mass is 10.1. The van der Waals surface area contributed by atoms with Crippen molar-refractivity contribution in [1.82, 2.24) is 9.97 Å². The second-order valence-electron chi connectivity index (χ2n) is 3.27. The molecule has 2 aromatic rings. The molecule has 4 heteroatoms. The van der Waals surface area contributed by atoms with Crippen LogP contribution in [-0.2, 0) is 6.42 Å². The summed E-state index contributed by atoms with van der Waals surface area (Å²) in [6, 6.07) is 5.85. The highest BCUT2D eigenvalue weighted by atomic mass is 32.1. The Morgan fingerprint density at radius 3 is 3.00 bits per heavy atom. The van der Waals surface area contributed by atoms with Crippen molar-refractivity contribution in [3.05, 3.63) is 46.7 Å². The molecule has 2 rings (SSSR count). The summed E-state index contributed by atoms with van der Waals surface area (Å²) in [5, 5.41) is 11.9. The van der Waals surface area contributed by atoms with Crippen LogP contribution in [0, 0.1) is 0 Å². The van der Waals surface area contributed by atoms with Gasteiger partial charge in [-0.3, -0.25) is 0 Å². The lowest BCUT2D eigenvalue weighted by molar-refractivity contribution is 0.163. The molecule has 0 aliphatic heterocycles. The van der Waals surface area contributed by atoms with Gasteiger partial charge in [0.05, 0.1) is 11.8 Å². The average molecular weight is 220 g/mol. The standard InChI is InChI=1S/C11H12N2OS/c14-11(10-5-6-12-8-13-10)4-3-9-2-1-7-15-9/h1-2,5-8,11,14H,3-4H2. The minimum absolute atomic E-state index is 0.491. The Morgan fingerprint density at radius 1 is 1.40 bits per heavy atom. The van der Waals surface area contributed by atoms with E-state index in [0.717, 1.165) is 6.42 Å². The number of thiophene rings is 1. The molecule has 2 heterocycles. The van der Waals surface area contributed by atoms with Gasteiger partial charge in [-0.15, -0.1) is 11.3 Å². The molecule has 2 aromatic heterocycles. The molecule has 78 valence electrons. The molecule has 0 aliphatic rings. The molecule has 0 saturated carbocycles. The van der Waals surface area contributed by atoms with Crippen molar-refractivity contribution in [2.75, 3.05) is 0 Å². The van der Waals surface area contributed by atoms with Crippen molar-refractivity contribution in [3.8, 4) is 0 Å². The Hall–Kier alpha value is -1.26. The van der Waals surface area contributed by atoms with Crippen LogP contribution in [0.3, 0.4) is 0 Å². The van der Waals surface area contributed by atoms with Crippen LogP contribution in [0.4, 0.5) is 0 Å². The van der Waals surface area contributed by atoms with E-state index in [1.807, 2.05) is 11.4 Å². The Morgan fingerprint density at radius 2 is 2.33 bits per heavy atom. The number of aromatic nitrogens is 2. The maximum absolute atomic E-state index is 9.83. The van der Waals surface area contributed by atoms with Crippen molar-refractivity contribution in [3.63, 3.8) is 0 Å². The van der Waals surface area contributed by atoms with E-state index in [2.05, 4.69) is 16.0 Å². The molecule has 3 nitrogen and oxygen atoms in total. The van der Waals surface area contributed by atoms with Gasteiger partial charge in [0.1, 0.15) is 6.33 Å². The lowest BCUT2D eigenvalue weighted by Crippen LogP contribution is -2.01. The number of hydrogen-bond donors (Lipinski definition) is 1. The topological polar surface area (TPSA) is 46.0 Å². The summed E-state index contributed by atoms with van der Waals surface area (Å²) >= 11 is 1.72. The second kappa shape index (κ2) is 5.00. The molecule has 0 amide bonds. The minimum Gasteiger partial charge on any atom is -0.387 e. The molecule has 0 aliphatic carbocycles. The quantitative estimate of drug-likeness (QED) is 0.859. The van der Waals surface area contributed by atoms with Gasteiger partial charge in [-0.05, 0) is 30.4 Å². The van der Waals surface area contributed by atoms with Crippen LogP contribution in [0.5, 0.6) is 0 Å². The van der Waals surface area contributed by atoms with Gasteiger partial charge in [0.25, 0.3) is 0 Å². The number of aryl methyl sites for hydroxylation is 1. The van der Waals surface area contributed by atoms with E-state index in [1.165, 1.54) is 11.2 Å². The third-order valence-electron chi connectivity index (χ3n) is 2.19. The normalized spacial score (nSPS) is 12.6. The van der Waals surface area contributed by atoms with Crippen LogP contribution in [0.25, 0.3) is 0 Å². The maximum atomic E-state index is 9.83. The summed E-state index contributed by atoms with van der Waals surface area (Å²) in [5.74, 6) is 0. The fourth-order valence-corrected chi connectivity index (χ4v) is 2.10. The summed E-state index contributed by atoms with van der Waals surface area (Å²) in [4.78, 5) is 9.13. The van der Waals surface area contributed by atoms with Crippen molar-refractivity contribution in [2.45, 2.75) is 18.9 Å². The smallest absolute Gasteiger partial charge is 0.115 e. The monoisotopic (exact) mass is 220 g/mol. The van der Waals surface area contributed by atoms with E-state index in [-0.39, 0.29) is 0 Å². The Balaban J connectivity index is 1.90. The zero-order valence-corrected chi connectivity index (χ0v) is 9.02. The van der Waals surface area contributed by atoms with Crippen molar-refractivity contribution in [2.24, 2.45) is 0 Å². The molecule has 15 heavy (non-hydrogen) atoms. The predicted molar refractivity (Wildman–Crippen MR) is 59.6 cm³/mol. The highest BCUT2D eigenvalue weighted by molar-refractivity contribution is 7.09. The van der Waals surface area contributed by atoms with Crippen molar-refractivity contribution >= 4 is 11.3 Å². The number of aliphatic hydroxyl groups excluding tert-OH is 1. The van der Waals surface area contributed by atoms with Gasteiger partial charge in [0.15, 0.2) is 0 Å². The molecule has 0 saturated heterocycles. The average Bonchev–Trinajstić information content (AvgIpc) is 2.80. The first-order valence-corrected chi connectivity index (χ1v) is 5.70. The molecule has 0 spiro atoms. The maximum Gasteiger partial charge on any atom is 0.115 e. The summed E-state index contributed by atoms with van der Waals surface area (Å²) in [5.41, 5.74) is 0.696. The third-order valence-corrected chi connectivity index (χ3v) is 3.13. The van der Waals surface area contributed by atoms with Crippen LogP contribution < -0.4 is 0 Å². The molecular weight excluding hydrogens is 208 g/mol. The summed E-state index contributed by atoms with van der Waals surface area (Å²) in [7, 11) is 0. The van der Waals surface area contributed by atoms with E-state index in [0.29, 0.717) is 12.1 Å². The van der Waals surface area contributed by atoms with Gasteiger partial charge in [0, 0.05) is 11.1 Å². The van der Waals surface area contributed by atoms with Crippen LogP contribution in [0.2, 0.25) is 0 Å². The summed E-state index contributed by atoms with van der Waals surface area (Å²) < 4.78 is 0. The zero-order chi connectivity index (χ0) is 10.5. The fraction of sp³-hybridized carbons (Fsp3) is 0.273. The number of aliphatic hydroxyl groups is 1. The first kappa shape index (κ1) is 10.3. The van der Waals surface area contributed by atoms with E-state index < -0.39 is 6.10 Å². The Kier molecular flexibility index (Phi) is 3.42. The Bertz CT molecular complexity index is 388. The summed E-state index contributed by atoms with van der Waals surface area (Å²) in [6.07, 6.45) is 4.22. The lowest BCUT2D eigenvalue weighted by Gasteiger charge is -2.07. The van der Waals surface area contributed by atoms with Gasteiger partial charge in [-0.1, -0.05) is 6.07 Å². The van der Waals surface area contributed by atoms with Crippen molar-refractivity contribution in [1.29, 1.82) is 0 Å². The molecule has 1 N–H and O–H groups in total. The highest BCUT2D eigenvalue weighted by Gasteiger charge is 2.08. The van der Waals surface area contributed by atoms with E-state index in [1.54, 1.807) is 23.6 Å². The van der Waals surface area contributed by atoms with Crippen LogP contribution in [-0.4, -0.2) is 15.1 Å². The SMILES string of the molecule is OC(CCc1cccs1)c1ccncn1. The third kappa shape index (κ3) is 2.84. The van der Waals surface area contributed by atoms with Crippen LogP contribution in [0.1, 0.15) is 23.1 Å². The van der Waals surface area contributed by atoms with Gasteiger partial charge < -0.3 is 5.11 Å². The fourth-order valence-electron chi connectivity index (χ4n) is 1.38. The largest absolute Gasteiger partial charge is 0.387 e. The molecular formula is C11H12N2OS. The molecule has 0 bridgehead atoms. The molecule has 0 fully saturated rings. The number of rotatable bonds is 4. The number of hydrogen-bond acceptors (Lipinski definition) is 4. The Labute approximate surface area is 92.5 Å². The van der Waals surface area contributed by atoms with Gasteiger partial charge in [-0.2, -0.15) is 0 Å². The number of nitrogens with zero attached hydrogens (tertiary/aromatic N) is 2. The van der Waals surface area contributed by atoms with Crippen molar-refractivity contribution < 1.29 is 5.11 Å². The van der Waals surface area contributed by atoms with Crippen LogP contribution >= 0.6 is 11.3 Å². The van der Waals surface area contributed by atoms with E-state index in [9.17, 15) is 5.11 Å². The van der Waals surface area contributed by atoms with E-state index >= 15 is 0 Å². The molecule has 1 atom stereocenters. The van der Waals surface area contributed by atoms with Gasteiger partial charge in [0.2, 0.25) is 0 Å². The van der Waals surface area contributed by atoms with Crippen LogP contribution in [0.15, 0.2) is 36.1 Å². The molecule has 0 radical (unpaired) electrons. The summed E-state index contributed by atoms with van der Waals surface area (Å²) in [6.45, 7) is 0.